The van der Waals surface area contributed by atoms with E-state index >= 15 is 0 Å². The minimum Gasteiger partial charge on any atom is -0.393 e. The summed E-state index contributed by atoms with van der Waals surface area (Å²) in [5, 5.41) is 16.2. The Hall–Kier alpha value is -2.91. The van der Waals surface area contributed by atoms with Gasteiger partial charge in [0.05, 0.1) is 22.2 Å². The van der Waals surface area contributed by atoms with Gasteiger partial charge in [-0.1, -0.05) is 18.2 Å². The van der Waals surface area contributed by atoms with Crippen LogP contribution in [0.2, 0.25) is 0 Å². The molecule has 0 radical (unpaired) electrons. The number of nitrogens with zero attached hydrogens (tertiary/aromatic N) is 3. The lowest BCUT2D eigenvalue weighted by Gasteiger charge is -2.27. The minimum absolute atomic E-state index is 0.137. The second-order valence-electron chi connectivity index (χ2n) is 7.59. The molecule has 3 aromatic rings. The summed E-state index contributed by atoms with van der Waals surface area (Å²) in [6, 6.07) is 11.6. The Morgan fingerprint density at radius 2 is 1.70 bits per heavy atom. The van der Waals surface area contributed by atoms with Crippen molar-refractivity contribution in [2.45, 2.75) is 47.6 Å². The number of benzene rings is 1. The van der Waals surface area contributed by atoms with Gasteiger partial charge in [0.2, 0.25) is 9.84 Å². The van der Waals surface area contributed by atoms with E-state index in [2.05, 4.69) is 20.6 Å². The predicted molar refractivity (Wildman–Crippen MR) is 115 cm³/mol. The molecule has 1 aliphatic carbocycles. The average molecular weight is 428 g/mol. The van der Waals surface area contributed by atoms with E-state index < -0.39 is 9.84 Å². The Kier molecular flexibility index (Phi) is 5.74. The molecule has 9 heteroatoms. The molecule has 8 nitrogen and oxygen atoms in total. The van der Waals surface area contributed by atoms with E-state index in [0.717, 1.165) is 25.7 Å². The monoisotopic (exact) mass is 427 g/mol. The van der Waals surface area contributed by atoms with Gasteiger partial charge in [-0.3, -0.25) is 0 Å². The smallest absolute Gasteiger partial charge is 0.206 e. The summed E-state index contributed by atoms with van der Waals surface area (Å²) < 4.78 is 28.2. The van der Waals surface area contributed by atoms with Gasteiger partial charge >= 0.3 is 0 Å². The highest BCUT2D eigenvalue weighted by Gasteiger charge is 2.23. The molecule has 1 fully saturated rings. The Bertz CT molecular complexity index is 1110. The fraction of sp³-hybridized carbons (Fsp3) is 0.333. The van der Waals surface area contributed by atoms with Crippen molar-refractivity contribution in [2.75, 3.05) is 10.6 Å². The van der Waals surface area contributed by atoms with Crippen LogP contribution in [-0.2, 0) is 16.9 Å². The molecule has 0 unspecified atom stereocenters. The first-order valence-corrected chi connectivity index (χ1v) is 11.4. The van der Waals surface area contributed by atoms with Crippen LogP contribution < -0.4 is 10.6 Å². The predicted octanol–water partition coefficient (Wildman–Crippen LogP) is 3.11. The second kappa shape index (κ2) is 8.45. The molecule has 1 aliphatic rings. The van der Waals surface area contributed by atoms with Gasteiger partial charge in [-0.15, -0.1) is 0 Å². The zero-order valence-electron chi connectivity index (χ0n) is 16.7. The van der Waals surface area contributed by atoms with Gasteiger partial charge in [-0.05, 0) is 43.9 Å². The lowest BCUT2D eigenvalue weighted by molar-refractivity contribution is 0.126. The molecule has 1 saturated carbocycles. The van der Waals surface area contributed by atoms with Crippen molar-refractivity contribution in [2.24, 2.45) is 7.05 Å². The number of hydrogen-bond acceptors (Lipinski definition) is 7. The Morgan fingerprint density at radius 1 is 1.00 bits per heavy atom. The van der Waals surface area contributed by atoms with Crippen LogP contribution in [0, 0.1) is 0 Å². The zero-order valence-corrected chi connectivity index (χ0v) is 17.5. The molecule has 0 atom stereocenters. The molecule has 0 saturated heterocycles. The summed E-state index contributed by atoms with van der Waals surface area (Å²) in [5.74, 6) is 1.45. The summed E-state index contributed by atoms with van der Waals surface area (Å²) in [7, 11) is -1.85. The van der Waals surface area contributed by atoms with E-state index in [1.807, 2.05) is 7.05 Å². The normalized spacial score (nSPS) is 19.4. The third kappa shape index (κ3) is 4.63. The van der Waals surface area contributed by atoms with E-state index in [-0.39, 0.29) is 21.9 Å². The molecular formula is C21H25N5O3S. The Labute approximate surface area is 175 Å². The molecule has 30 heavy (non-hydrogen) atoms. The number of aromatic nitrogens is 3. The lowest BCUT2D eigenvalue weighted by Crippen LogP contribution is -2.28. The van der Waals surface area contributed by atoms with Crippen LogP contribution in [0.5, 0.6) is 0 Å². The fourth-order valence-electron chi connectivity index (χ4n) is 3.57. The molecule has 0 aliphatic heterocycles. The van der Waals surface area contributed by atoms with Gasteiger partial charge in [0.15, 0.2) is 0 Å². The standard InChI is InChI=1S/C21H25N5O3S/c1-26-13-21(22-14-26)25-20-12-18(30(28,29)17-5-3-2-4-6-17)11-19(24-20)23-15-7-9-16(27)10-8-15/h2-6,11-16,27H,7-10H2,1H3,(H2,23,24,25)/t15-,16-. The van der Waals surface area contributed by atoms with Crippen LogP contribution >= 0.6 is 0 Å². The summed E-state index contributed by atoms with van der Waals surface area (Å²) in [5.41, 5.74) is 0. The summed E-state index contributed by atoms with van der Waals surface area (Å²) in [6.45, 7) is 0. The Balaban J connectivity index is 1.68. The van der Waals surface area contributed by atoms with Crippen molar-refractivity contribution >= 4 is 27.3 Å². The SMILES string of the molecule is Cn1cnc(Nc2cc(S(=O)(=O)c3ccccc3)cc(N[C@H]3CC[C@H](O)CC3)n2)c1. The largest absolute Gasteiger partial charge is 0.393 e. The maximum absolute atomic E-state index is 13.2. The number of aliphatic hydroxyl groups is 1. The topological polar surface area (TPSA) is 109 Å². The molecule has 1 aromatic carbocycles. The number of nitrogens with one attached hydrogen (secondary N) is 2. The summed E-state index contributed by atoms with van der Waals surface area (Å²) in [6.07, 6.45) is 6.23. The van der Waals surface area contributed by atoms with Crippen LogP contribution in [0.15, 0.2) is 64.8 Å². The van der Waals surface area contributed by atoms with Gasteiger partial charge in [-0.2, -0.15) is 0 Å². The number of rotatable bonds is 6. The highest BCUT2D eigenvalue weighted by atomic mass is 32.2. The molecule has 3 N–H and O–H groups in total. The van der Waals surface area contributed by atoms with Crippen molar-refractivity contribution in [3.8, 4) is 0 Å². The number of aliphatic hydroxyl groups excluding tert-OH is 1. The van der Waals surface area contributed by atoms with Crippen molar-refractivity contribution in [3.63, 3.8) is 0 Å². The molecule has 0 bridgehead atoms. The molecule has 0 amide bonds. The quantitative estimate of drug-likeness (QED) is 0.554. The van der Waals surface area contributed by atoms with E-state index in [1.165, 1.54) is 6.07 Å². The van der Waals surface area contributed by atoms with Gasteiger partial charge in [-0.25, -0.2) is 18.4 Å². The first kappa shape index (κ1) is 20.4. The van der Waals surface area contributed by atoms with Gasteiger partial charge in [0.1, 0.15) is 17.5 Å². The van der Waals surface area contributed by atoms with Crippen LogP contribution in [0.4, 0.5) is 17.5 Å². The Morgan fingerprint density at radius 3 is 2.37 bits per heavy atom. The molecule has 0 spiro atoms. The van der Waals surface area contributed by atoms with E-state index in [9.17, 15) is 13.5 Å². The van der Waals surface area contributed by atoms with E-state index in [4.69, 9.17) is 0 Å². The van der Waals surface area contributed by atoms with Crippen molar-refractivity contribution in [1.82, 2.24) is 14.5 Å². The third-order valence-corrected chi connectivity index (χ3v) is 6.92. The maximum atomic E-state index is 13.2. The van der Waals surface area contributed by atoms with E-state index in [1.54, 1.807) is 53.5 Å². The molecule has 4 rings (SSSR count). The van der Waals surface area contributed by atoms with Crippen LogP contribution in [0.1, 0.15) is 25.7 Å². The highest BCUT2D eigenvalue weighted by Crippen LogP contribution is 2.28. The average Bonchev–Trinajstić information content (AvgIpc) is 3.15. The molecular weight excluding hydrogens is 402 g/mol. The number of aryl methyl sites for hydroxylation is 1. The molecule has 2 heterocycles. The molecule has 158 valence electrons. The van der Waals surface area contributed by atoms with Crippen LogP contribution in [0.25, 0.3) is 0 Å². The summed E-state index contributed by atoms with van der Waals surface area (Å²) in [4.78, 5) is 9.17. The maximum Gasteiger partial charge on any atom is 0.206 e. The van der Waals surface area contributed by atoms with Gasteiger partial charge in [0, 0.05) is 25.4 Å². The number of sulfone groups is 1. The van der Waals surface area contributed by atoms with Crippen LogP contribution in [0.3, 0.4) is 0 Å². The number of hydrogen-bond donors (Lipinski definition) is 3. The fourth-order valence-corrected chi connectivity index (χ4v) is 4.89. The van der Waals surface area contributed by atoms with Gasteiger partial charge in [0.25, 0.3) is 0 Å². The highest BCUT2D eigenvalue weighted by molar-refractivity contribution is 7.91. The van der Waals surface area contributed by atoms with Crippen molar-refractivity contribution in [1.29, 1.82) is 0 Å². The first-order chi connectivity index (χ1) is 14.4. The van der Waals surface area contributed by atoms with Crippen molar-refractivity contribution in [3.05, 3.63) is 55.0 Å². The lowest BCUT2D eigenvalue weighted by atomic mass is 9.93. The second-order valence-corrected chi connectivity index (χ2v) is 9.54. The number of imidazole rings is 1. The van der Waals surface area contributed by atoms with E-state index in [0.29, 0.717) is 17.5 Å². The minimum atomic E-state index is -3.71. The zero-order chi connectivity index (χ0) is 21.1. The number of pyridine rings is 1. The number of anilines is 3. The first-order valence-electron chi connectivity index (χ1n) is 9.92. The van der Waals surface area contributed by atoms with Crippen LogP contribution in [-0.4, -0.2) is 40.2 Å². The molecule has 2 aromatic heterocycles. The third-order valence-electron chi connectivity index (χ3n) is 5.17. The van der Waals surface area contributed by atoms with Crippen molar-refractivity contribution < 1.29 is 13.5 Å². The van der Waals surface area contributed by atoms with Gasteiger partial charge < -0.3 is 20.3 Å². The summed E-state index contributed by atoms with van der Waals surface area (Å²) >= 11 is 0.